The van der Waals surface area contributed by atoms with Crippen molar-refractivity contribution in [2.24, 2.45) is 0 Å². The number of carbonyl (C=O) groups excluding carboxylic acids is 1. The lowest BCUT2D eigenvalue weighted by molar-refractivity contribution is 0.112. The summed E-state index contributed by atoms with van der Waals surface area (Å²) in [5, 5.41) is 0. The topological polar surface area (TPSA) is 37.4 Å². The van der Waals surface area contributed by atoms with Crippen molar-refractivity contribution in [3.8, 4) is 0 Å². The van der Waals surface area contributed by atoms with Gasteiger partial charge in [0.2, 0.25) is 0 Å². The molecule has 4 heteroatoms. The second-order valence-electron chi connectivity index (χ2n) is 4.73. The molecule has 1 aliphatic heterocycles. The Morgan fingerprint density at radius 1 is 1.10 bits per heavy atom. The van der Waals surface area contributed by atoms with Gasteiger partial charge in [0.25, 0.3) is 0 Å². The third-order valence-electron chi connectivity index (χ3n) is 3.41. The number of benzene rings is 2. The molecule has 0 N–H and O–H groups in total. The van der Waals surface area contributed by atoms with Crippen LogP contribution in [0.25, 0.3) is 0 Å². The highest BCUT2D eigenvalue weighted by Crippen LogP contribution is 2.42. The fraction of sp³-hybridized carbons (Fsp3) is 0.188. The fourth-order valence-electron chi connectivity index (χ4n) is 2.53. The molecular formula is C16H15NO2S. The summed E-state index contributed by atoms with van der Waals surface area (Å²) in [6.45, 7) is 2.98. The first kappa shape index (κ1) is 13.1. The van der Waals surface area contributed by atoms with Crippen molar-refractivity contribution < 1.29 is 9.00 Å². The Labute approximate surface area is 120 Å². The summed E-state index contributed by atoms with van der Waals surface area (Å²) < 4.78 is 12.7. The first-order chi connectivity index (χ1) is 9.76. The predicted molar refractivity (Wildman–Crippen MR) is 80.2 cm³/mol. The van der Waals surface area contributed by atoms with E-state index in [1.807, 2.05) is 30.3 Å². The van der Waals surface area contributed by atoms with E-state index in [1.54, 1.807) is 12.1 Å². The highest BCUT2D eigenvalue weighted by molar-refractivity contribution is 7.85. The lowest BCUT2D eigenvalue weighted by Gasteiger charge is -2.32. The summed E-state index contributed by atoms with van der Waals surface area (Å²) in [5.74, 6) is 0. The molecule has 102 valence electrons. The molecule has 20 heavy (non-hydrogen) atoms. The van der Waals surface area contributed by atoms with E-state index in [-0.39, 0.29) is 0 Å². The van der Waals surface area contributed by atoms with Crippen LogP contribution in [0.5, 0.6) is 0 Å². The molecule has 0 bridgehead atoms. The maximum Gasteiger partial charge on any atom is 0.150 e. The first-order valence-corrected chi connectivity index (χ1v) is 7.79. The standard InChI is InChI=1S/C16H15NO2S/c1-2-9-17-13-5-3-4-6-15(13)20(19)16-10-12(11-18)7-8-14(16)17/h3-8,10-11H,2,9H2,1H3. The molecule has 0 saturated carbocycles. The molecule has 3 nitrogen and oxygen atoms in total. The van der Waals surface area contributed by atoms with Gasteiger partial charge in [0.15, 0.2) is 0 Å². The van der Waals surface area contributed by atoms with Crippen LogP contribution in [0.1, 0.15) is 23.7 Å². The molecule has 3 rings (SSSR count). The summed E-state index contributed by atoms with van der Waals surface area (Å²) >= 11 is 0. The van der Waals surface area contributed by atoms with Crippen molar-refractivity contribution in [1.82, 2.24) is 0 Å². The normalized spacial score (nSPS) is 16.4. The van der Waals surface area contributed by atoms with Crippen LogP contribution in [0.2, 0.25) is 0 Å². The van der Waals surface area contributed by atoms with Crippen molar-refractivity contribution in [3.63, 3.8) is 0 Å². The van der Waals surface area contributed by atoms with Crippen LogP contribution in [0, 0.1) is 0 Å². The van der Waals surface area contributed by atoms with Crippen LogP contribution in [0.3, 0.4) is 0 Å². The van der Waals surface area contributed by atoms with Gasteiger partial charge in [0, 0.05) is 12.1 Å². The minimum absolute atomic E-state index is 0.563. The van der Waals surface area contributed by atoms with Gasteiger partial charge in [-0.25, -0.2) is 4.21 Å². The summed E-state index contributed by atoms with van der Waals surface area (Å²) in [7, 11) is -1.23. The van der Waals surface area contributed by atoms with Crippen LogP contribution < -0.4 is 4.90 Å². The van der Waals surface area contributed by atoms with Crippen LogP contribution in [0.4, 0.5) is 11.4 Å². The lowest BCUT2D eigenvalue weighted by atomic mass is 10.1. The molecule has 1 heterocycles. The van der Waals surface area contributed by atoms with E-state index in [0.717, 1.165) is 40.4 Å². The Hall–Kier alpha value is -1.94. The Morgan fingerprint density at radius 2 is 1.85 bits per heavy atom. The highest BCUT2D eigenvalue weighted by Gasteiger charge is 2.27. The number of rotatable bonds is 3. The monoisotopic (exact) mass is 285 g/mol. The van der Waals surface area contributed by atoms with Crippen molar-refractivity contribution in [2.75, 3.05) is 11.4 Å². The van der Waals surface area contributed by atoms with Crippen molar-refractivity contribution in [1.29, 1.82) is 0 Å². The van der Waals surface area contributed by atoms with Gasteiger partial charge in [0.1, 0.15) is 6.29 Å². The van der Waals surface area contributed by atoms with Gasteiger partial charge in [-0.05, 0) is 36.8 Å². The minimum atomic E-state index is -1.23. The third kappa shape index (κ3) is 1.96. The predicted octanol–water partition coefficient (Wildman–Crippen LogP) is 3.53. The zero-order chi connectivity index (χ0) is 14.1. The maximum absolute atomic E-state index is 12.7. The molecule has 0 aromatic heterocycles. The van der Waals surface area contributed by atoms with E-state index >= 15 is 0 Å². The largest absolute Gasteiger partial charge is 0.340 e. The van der Waals surface area contributed by atoms with Gasteiger partial charge >= 0.3 is 0 Å². The van der Waals surface area contributed by atoms with Gasteiger partial charge in [-0.3, -0.25) is 4.79 Å². The second kappa shape index (κ2) is 5.21. The smallest absolute Gasteiger partial charge is 0.150 e. The number of carbonyl (C=O) groups is 1. The van der Waals surface area contributed by atoms with E-state index in [4.69, 9.17) is 0 Å². The Morgan fingerprint density at radius 3 is 2.60 bits per heavy atom. The second-order valence-corrected chi connectivity index (χ2v) is 6.15. The van der Waals surface area contributed by atoms with E-state index < -0.39 is 10.8 Å². The molecule has 0 saturated heterocycles. The van der Waals surface area contributed by atoms with Gasteiger partial charge < -0.3 is 4.90 Å². The number of para-hydroxylation sites is 1. The number of fused-ring (bicyclic) bond motifs is 2. The quantitative estimate of drug-likeness (QED) is 0.810. The zero-order valence-electron chi connectivity index (χ0n) is 11.2. The molecule has 2 aromatic carbocycles. The number of nitrogens with zero attached hydrogens (tertiary/aromatic N) is 1. The SMILES string of the molecule is CCCN1c2ccccc2S(=O)c2cc(C=O)ccc21. The maximum atomic E-state index is 12.7. The number of hydrogen-bond acceptors (Lipinski definition) is 3. The molecule has 0 radical (unpaired) electrons. The molecular weight excluding hydrogens is 270 g/mol. The Kier molecular flexibility index (Phi) is 3.40. The van der Waals surface area contributed by atoms with Crippen LogP contribution in [0.15, 0.2) is 52.3 Å². The third-order valence-corrected chi connectivity index (χ3v) is 4.88. The molecule has 0 aliphatic carbocycles. The lowest BCUT2D eigenvalue weighted by Crippen LogP contribution is -2.24. The van der Waals surface area contributed by atoms with E-state index in [9.17, 15) is 9.00 Å². The highest BCUT2D eigenvalue weighted by atomic mass is 32.2. The minimum Gasteiger partial charge on any atom is -0.340 e. The van der Waals surface area contributed by atoms with Gasteiger partial charge in [-0.1, -0.05) is 19.1 Å². The van der Waals surface area contributed by atoms with E-state index in [2.05, 4.69) is 11.8 Å². The average Bonchev–Trinajstić information content (AvgIpc) is 2.51. The van der Waals surface area contributed by atoms with Crippen molar-refractivity contribution >= 4 is 28.5 Å². The molecule has 2 aromatic rings. The molecule has 0 spiro atoms. The van der Waals surface area contributed by atoms with Gasteiger partial charge in [0.05, 0.1) is 32.0 Å². The number of aldehydes is 1. The van der Waals surface area contributed by atoms with Crippen LogP contribution >= 0.6 is 0 Å². The summed E-state index contributed by atoms with van der Waals surface area (Å²) in [6, 6.07) is 13.2. The van der Waals surface area contributed by atoms with Crippen LogP contribution in [-0.2, 0) is 10.8 Å². The molecule has 0 fully saturated rings. The Bertz CT molecular complexity index is 697. The molecule has 0 amide bonds. The molecule has 1 unspecified atom stereocenters. The number of hydrogen-bond donors (Lipinski definition) is 0. The van der Waals surface area contributed by atoms with Crippen LogP contribution in [-0.4, -0.2) is 17.0 Å². The van der Waals surface area contributed by atoms with E-state index in [1.165, 1.54) is 0 Å². The first-order valence-electron chi connectivity index (χ1n) is 6.64. The molecule has 1 atom stereocenters. The van der Waals surface area contributed by atoms with Crippen molar-refractivity contribution in [2.45, 2.75) is 23.1 Å². The molecule has 1 aliphatic rings. The van der Waals surface area contributed by atoms with E-state index in [0.29, 0.717) is 5.56 Å². The summed E-state index contributed by atoms with van der Waals surface area (Å²) in [6.07, 6.45) is 1.79. The van der Waals surface area contributed by atoms with Gasteiger partial charge in [-0.15, -0.1) is 0 Å². The fourth-order valence-corrected chi connectivity index (χ4v) is 3.94. The average molecular weight is 285 g/mol. The van der Waals surface area contributed by atoms with Crippen molar-refractivity contribution in [3.05, 3.63) is 48.0 Å². The van der Waals surface area contributed by atoms with Gasteiger partial charge in [-0.2, -0.15) is 0 Å². The Balaban J connectivity index is 2.23. The summed E-state index contributed by atoms with van der Waals surface area (Å²) in [4.78, 5) is 14.7. The number of anilines is 2. The summed E-state index contributed by atoms with van der Waals surface area (Å²) in [5.41, 5.74) is 2.50. The zero-order valence-corrected chi connectivity index (χ0v) is 12.0.